The van der Waals surface area contributed by atoms with Crippen LogP contribution in [0, 0.1) is 6.92 Å². The maximum absolute atomic E-state index is 12.2. The van der Waals surface area contributed by atoms with Crippen molar-refractivity contribution in [1.82, 2.24) is 4.90 Å². The lowest BCUT2D eigenvalue weighted by Crippen LogP contribution is -2.32. The van der Waals surface area contributed by atoms with E-state index in [9.17, 15) is 14.7 Å². The number of carboxylic acids is 1. The van der Waals surface area contributed by atoms with E-state index in [2.05, 4.69) is 0 Å². The van der Waals surface area contributed by atoms with Gasteiger partial charge < -0.3 is 19.5 Å². The van der Waals surface area contributed by atoms with E-state index >= 15 is 0 Å². The van der Waals surface area contributed by atoms with E-state index in [1.807, 2.05) is 54.3 Å². The third-order valence-electron chi connectivity index (χ3n) is 5.87. The first kappa shape index (κ1) is 23.8. The molecule has 6 nitrogen and oxygen atoms in total. The second-order valence-electron chi connectivity index (χ2n) is 8.52. The number of nitrogens with zero attached hydrogens (tertiary/aromatic N) is 1. The fraction of sp³-hybridized carbons (Fsp3) is 0.462. The number of rotatable bonds is 12. The second-order valence-corrected chi connectivity index (χ2v) is 8.52. The van der Waals surface area contributed by atoms with Crippen LogP contribution in [0.1, 0.15) is 56.3 Å². The average Bonchev–Trinajstić information content (AvgIpc) is 3.35. The number of aliphatic hydroxyl groups excluding tert-OH is 1. The molecule has 2 N–H and O–H groups in total. The Hall–Kier alpha value is -2.86. The first-order chi connectivity index (χ1) is 15.4. The summed E-state index contributed by atoms with van der Waals surface area (Å²) in [4.78, 5) is 24.7. The molecular weight excluding hydrogens is 406 g/mol. The number of aryl methyl sites for hydroxylation is 1. The van der Waals surface area contributed by atoms with Crippen molar-refractivity contribution in [2.45, 2.75) is 70.4 Å². The largest absolute Gasteiger partial charge is 0.481 e. The minimum Gasteiger partial charge on any atom is -0.481 e. The number of aliphatic hydroxyl groups is 1. The third-order valence-corrected chi connectivity index (χ3v) is 5.87. The molecule has 0 saturated carbocycles. The number of benzene rings is 1. The Labute approximate surface area is 189 Å². The predicted octanol–water partition coefficient (Wildman–Crippen LogP) is 4.74. The minimum atomic E-state index is -0.758. The van der Waals surface area contributed by atoms with Crippen molar-refractivity contribution >= 4 is 11.9 Å². The summed E-state index contributed by atoms with van der Waals surface area (Å²) in [7, 11) is 0. The monoisotopic (exact) mass is 439 g/mol. The molecule has 1 aliphatic heterocycles. The van der Waals surface area contributed by atoms with E-state index in [1.54, 1.807) is 6.08 Å². The number of furan rings is 1. The standard InChI is InChI=1S/C26H33NO5/c1-19-10-14-24(32-19)21-8-6-7-20(17-21)18-23(28)13-11-22-12-15-25(29)27(22)16-5-3-2-4-9-26(30)31/h6-8,10-11,13-14,17,22-23,28H,2-5,9,12,15-16,18H2,1H3,(H,30,31)/b13-11+/t22-,23+/m0/s1. The number of carboxylic acid groups (broad SMARTS) is 1. The fourth-order valence-corrected chi connectivity index (χ4v) is 4.17. The van der Waals surface area contributed by atoms with Crippen molar-refractivity contribution in [2.24, 2.45) is 0 Å². The molecular formula is C26H33NO5. The third kappa shape index (κ3) is 7.09. The number of carbonyl (C=O) groups is 2. The lowest BCUT2D eigenvalue weighted by molar-refractivity contribution is -0.137. The van der Waals surface area contributed by atoms with Crippen LogP contribution in [-0.4, -0.2) is 45.7 Å². The summed E-state index contributed by atoms with van der Waals surface area (Å²) >= 11 is 0. The molecule has 1 saturated heterocycles. The highest BCUT2D eigenvalue weighted by atomic mass is 16.4. The Bertz CT molecular complexity index is 932. The molecule has 172 valence electrons. The quantitative estimate of drug-likeness (QED) is 0.368. The van der Waals surface area contributed by atoms with Crippen LogP contribution < -0.4 is 0 Å². The van der Waals surface area contributed by atoms with Crippen molar-refractivity contribution in [1.29, 1.82) is 0 Å². The zero-order valence-corrected chi connectivity index (χ0v) is 18.7. The molecule has 1 aromatic carbocycles. The Morgan fingerprint density at radius 3 is 2.78 bits per heavy atom. The van der Waals surface area contributed by atoms with E-state index in [0.717, 1.165) is 48.3 Å². The molecule has 2 aromatic rings. The van der Waals surface area contributed by atoms with Gasteiger partial charge in [0.2, 0.25) is 5.91 Å². The zero-order valence-electron chi connectivity index (χ0n) is 18.7. The summed E-state index contributed by atoms with van der Waals surface area (Å²) in [5.41, 5.74) is 2.01. The van der Waals surface area contributed by atoms with Gasteiger partial charge in [0.25, 0.3) is 0 Å². The molecule has 2 heterocycles. The molecule has 0 spiro atoms. The van der Waals surface area contributed by atoms with Gasteiger partial charge in [-0.25, -0.2) is 0 Å². The fourth-order valence-electron chi connectivity index (χ4n) is 4.17. The van der Waals surface area contributed by atoms with Crippen LogP contribution in [0.15, 0.2) is 53.0 Å². The maximum atomic E-state index is 12.2. The van der Waals surface area contributed by atoms with Crippen LogP contribution >= 0.6 is 0 Å². The normalized spacial score (nSPS) is 17.4. The highest BCUT2D eigenvalue weighted by molar-refractivity contribution is 5.79. The summed E-state index contributed by atoms with van der Waals surface area (Å²) in [5.74, 6) is 1.08. The smallest absolute Gasteiger partial charge is 0.303 e. The summed E-state index contributed by atoms with van der Waals surface area (Å²) in [6, 6.07) is 11.9. The number of hydrogen-bond acceptors (Lipinski definition) is 4. The van der Waals surface area contributed by atoms with Crippen molar-refractivity contribution in [3.63, 3.8) is 0 Å². The van der Waals surface area contributed by atoms with E-state index in [4.69, 9.17) is 9.52 Å². The van der Waals surface area contributed by atoms with Gasteiger partial charge in [0.1, 0.15) is 11.5 Å². The second kappa shape index (κ2) is 11.7. The molecule has 1 fully saturated rings. The van der Waals surface area contributed by atoms with Crippen LogP contribution in [-0.2, 0) is 16.0 Å². The number of unbranched alkanes of at least 4 members (excludes halogenated alkanes) is 3. The highest BCUT2D eigenvalue weighted by Crippen LogP contribution is 2.24. The van der Waals surface area contributed by atoms with E-state index < -0.39 is 12.1 Å². The zero-order chi connectivity index (χ0) is 22.9. The number of aliphatic carboxylic acids is 1. The Balaban J connectivity index is 1.49. The first-order valence-corrected chi connectivity index (χ1v) is 11.5. The lowest BCUT2D eigenvalue weighted by atomic mass is 10.0. The van der Waals surface area contributed by atoms with Crippen molar-refractivity contribution in [3.8, 4) is 11.3 Å². The molecule has 6 heteroatoms. The number of amides is 1. The van der Waals surface area contributed by atoms with Gasteiger partial charge >= 0.3 is 5.97 Å². The lowest BCUT2D eigenvalue weighted by Gasteiger charge is -2.22. The van der Waals surface area contributed by atoms with Crippen LogP contribution in [0.3, 0.4) is 0 Å². The van der Waals surface area contributed by atoms with Gasteiger partial charge in [-0.1, -0.05) is 43.2 Å². The number of likely N-dealkylation sites (tertiary alicyclic amines) is 1. The summed E-state index contributed by atoms with van der Waals surface area (Å²) in [5, 5.41) is 19.2. The molecule has 1 aromatic heterocycles. The molecule has 1 aliphatic rings. The van der Waals surface area contributed by atoms with E-state index in [1.165, 1.54) is 0 Å². The van der Waals surface area contributed by atoms with Gasteiger partial charge in [-0.15, -0.1) is 0 Å². The minimum absolute atomic E-state index is 0.0218. The van der Waals surface area contributed by atoms with Crippen molar-refractivity contribution in [3.05, 3.63) is 59.9 Å². The molecule has 0 bridgehead atoms. The van der Waals surface area contributed by atoms with Crippen LogP contribution in [0.5, 0.6) is 0 Å². The summed E-state index contributed by atoms with van der Waals surface area (Å²) < 4.78 is 5.69. The van der Waals surface area contributed by atoms with Crippen LogP contribution in [0.4, 0.5) is 0 Å². The number of hydrogen-bond donors (Lipinski definition) is 2. The topological polar surface area (TPSA) is 91.0 Å². The summed E-state index contributed by atoms with van der Waals surface area (Å²) in [6.07, 6.45) is 8.47. The molecule has 1 amide bonds. The van der Waals surface area contributed by atoms with Gasteiger partial charge in [-0.2, -0.15) is 0 Å². The van der Waals surface area contributed by atoms with Gasteiger partial charge in [-0.3, -0.25) is 9.59 Å². The molecule has 0 aliphatic carbocycles. The predicted molar refractivity (Wildman–Crippen MR) is 123 cm³/mol. The van der Waals surface area contributed by atoms with E-state index in [-0.39, 0.29) is 18.4 Å². The molecule has 0 unspecified atom stereocenters. The highest BCUT2D eigenvalue weighted by Gasteiger charge is 2.28. The van der Waals surface area contributed by atoms with Crippen LogP contribution in [0.25, 0.3) is 11.3 Å². The van der Waals surface area contributed by atoms with Crippen molar-refractivity contribution in [2.75, 3.05) is 6.54 Å². The first-order valence-electron chi connectivity index (χ1n) is 11.5. The van der Waals surface area contributed by atoms with Crippen LogP contribution in [0.2, 0.25) is 0 Å². The van der Waals surface area contributed by atoms with Gasteiger partial charge in [0.05, 0.1) is 12.1 Å². The Kier molecular flexibility index (Phi) is 8.68. The molecule has 3 rings (SSSR count). The maximum Gasteiger partial charge on any atom is 0.303 e. The van der Waals surface area contributed by atoms with Crippen molar-refractivity contribution < 1.29 is 24.2 Å². The van der Waals surface area contributed by atoms with Gasteiger partial charge in [0.15, 0.2) is 0 Å². The van der Waals surface area contributed by atoms with E-state index in [0.29, 0.717) is 25.8 Å². The van der Waals surface area contributed by atoms with Gasteiger partial charge in [-0.05, 0) is 49.9 Å². The Morgan fingerprint density at radius 1 is 1.22 bits per heavy atom. The molecule has 0 radical (unpaired) electrons. The number of carbonyl (C=O) groups excluding carboxylic acids is 1. The Morgan fingerprint density at radius 2 is 2.03 bits per heavy atom. The molecule has 2 atom stereocenters. The van der Waals surface area contributed by atoms with Gasteiger partial charge in [0, 0.05) is 31.4 Å². The average molecular weight is 440 g/mol. The SMILES string of the molecule is Cc1ccc(-c2cccc(C[C@H](O)/C=C/[C@H]3CCC(=O)N3CCCCCCC(=O)O)c2)o1. The summed E-state index contributed by atoms with van der Waals surface area (Å²) in [6.45, 7) is 2.60. The molecule has 32 heavy (non-hydrogen) atoms.